The number of hydrogen-bond acceptors (Lipinski definition) is 38. The minimum Gasteiger partial charge on any atom is -0.793 e. The summed E-state index contributed by atoms with van der Waals surface area (Å²) < 4.78 is 151. The zero-order valence-corrected chi connectivity index (χ0v) is 85.2. The second-order valence-corrected chi connectivity index (χ2v) is 48.4. The van der Waals surface area contributed by atoms with Gasteiger partial charge >= 0.3 is 56.7 Å². The molecule has 0 bridgehead atoms. The molecule has 755 valence electrons. The molecular weight excluding hydrogens is 1990 g/mol. The monoisotopic (exact) mass is 2100 g/mol. The standard InChI is InChI=1S/C18H28FN5O9P2.C18H26FN5O2.C18H24FN5O2.C17H24FN5O4.C4H6O4.C2H3BO2.CH2Cl4O2P2.Na/c1-31-7-12-22-16(21-10-4-2-3-5-10)14-17(23-12)24(8-20-14)18-13(19)15(25)11(33-18)6-32-35(29,30)9-34(26,27)28;2*1-3-12-10(2)14(19)18(26-12)24-9-20-15-16(21-11-6-4-5-7-11)22-13(8-25)23-17(15)24;1-26-7-11-21-15(20-9-4-2-3-5-9)13-16(22-11)23(8-19-13)17-12(18)14(25)10(6-24)27-17;1-3(5)7-8-4(2)6;1-2(4)5-3;2-8(3,6)1-9(4,5)7;/h8,10-11,13,15,18,25H,2-7,9H2,1H3,(H,29,30)(H,21,22,23)(H2,26,27,28);9-12,14,18,25H,3-8H2,1-2H3,(H,21,22,23);8-12,14,18H,3-7H2,1-2H3,(H,21,22,23);8-10,12,14,17,24-25H,2-7H2,1H3,(H,20,21,22);1-2H3;1H3;1H2;/q;;;;;-1;;+1/t11-,13+,15-,18-;2*10-,12-,14+,18-;10-,12+,14-,17-;;;;/m1111..../s1. The molecule has 17 atom stereocenters. The van der Waals surface area contributed by atoms with Crippen molar-refractivity contribution in [3.05, 3.63) is 48.6 Å². The number of imidazole rings is 4. The number of aliphatic hydroxyl groups excluding tert-OH is 4. The van der Waals surface area contributed by atoms with Crippen LogP contribution >= 0.6 is 71.8 Å². The van der Waals surface area contributed by atoms with E-state index < -0.39 is 144 Å². The number of nitrogens with zero attached hydrogens (tertiary/aromatic N) is 16. The Bertz CT molecular complexity index is 5490. The van der Waals surface area contributed by atoms with E-state index >= 15 is 4.39 Å². The maximum atomic E-state index is 15.1. The van der Waals surface area contributed by atoms with E-state index in [4.69, 9.17) is 87.7 Å². The van der Waals surface area contributed by atoms with E-state index in [0.29, 0.717) is 104 Å². The van der Waals surface area contributed by atoms with Crippen molar-refractivity contribution in [3.8, 4) is 0 Å². The number of aliphatic hydroxyl groups is 4. The molecular formula is C78H113BCl4F4N20NaO25P4. The SMILES string of the molecule is CC(=O)OOC(C)=O.CC[C@H]1O[C@@H](n2cnc3c(NC4CCCC4)nc(C=O)nc32)[C@@H](F)[C@@H]1C.CC[C@H]1O[C@@H](n2cnc3c(NC4CCCC4)nc(CO)nc32)[C@@H](F)[C@@H]1C.COCc1nc(NC2CCCC2)c2ncn([C@@H]3O[C@H](CO)[C@@H](O)[C@@H]3F)c2n1.COCc1nc(NC2CCCC2)c2ncn([C@@H]3O[C@H](COP(=O)(O)CP(=O)(O)O)[C@@H](O)[C@@H]3F)c2n1.O=P(Cl)(Cl)CP(=O)(Cl)Cl.[B-]OC(C)=O.[Na+]. The van der Waals surface area contributed by atoms with E-state index in [1.807, 2.05) is 27.7 Å². The molecule has 4 aliphatic heterocycles. The number of aromatic nitrogens is 16. The van der Waals surface area contributed by atoms with E-state index in [2.05, 4.69) is 104 Å². The Hall–Kier alpha value is -6.22. The third-order valence-electron chi connectivity index (χ3n) is 23.0. The summed E-state index contributed by atoms with van der Waals surface area (Å²) in [5.74, 6) is -7.47. The Morgan fingerprint density at radius 1 is 0.489 bits per heavy atom. The molecule has 0 aromatic carbocycles. The van der Waals surface area contributed by atoms with Gasteiger partial charge in [-0.25, -0.2) is 96.7 Å². The molecule has 8 fully saturated rings. The van der Waals surface area contributed by atoms with Gasteiger partial charge in [0.05, 0.1) is 50.7 Å². The second-order valence-electron chi connectivity index (χ2n) is 33.4. The quantitative estimate of drug-likeness (QED) is 0.00543. The van der Waals surface area contributed by atoms with Gasteiger partial charge in [-0.1, -0.05) is 79.1 Å². The molecule has 45 nitrogen and oxygen atoms in total. The van der Waals surface area contributed by atoms with Crippen molar-refractivity contribution < 1.29 is 167 Å². The molecule has 59 heteroatoms. The molecule has 1 unspecified atom stereocenters. The number of nitrogens with one attached hydrogen (secondary N) is 4. The summed E-state index contributed by atoms with van der Waals surface area (Å²) in [4.78, 5) is 128. The van der Waals surface area contributed by atoms with Crippen LogP contribution in [0.1, 0.15) is 217 Å². The number of ether oxygens (including phenoxy) is 6. The van der Waals surface area contributed by atoms with E-state index in [9.17, 15) is 75.9 Å². The van der Waals surface area contributed by atoms with Gasteiger partial charge in [0.25, 0.3) is 11.7 Å². The maximum Gasteiger partial charge on any atom is 1.00 e. The predicted octanol–water partition coefficient (Wildman–Crippen LogP) is 9.36. The first-order valence-corrected chi connectivity index (χ1v) is 54.8. The summed E-state index contributed by atoms with van der Waals surface area (Å²) in [6.45, 7) is 10.0. The van der Waals surface area contributed by atoms with Crippen molar-refractivity contribution in [3.63, 3.8) is 0 Å². The van der Waals surface area contributed by atoms with Gasteiger partial charge in [-0.15, -0.1) is 0 Å². The smallest absolute Gasteiger partial charge is 0.793 e. The number of carbonyl (C=O) groups excluding carboxylic acids is 4. The van der Waals surface area contributed by atoms with Crippen LogP contribution in [0.25, 0.3) is 44.7 Å². The Morgan fingerprint density at radius 3 is 1.07 bits per heavy atom. The molecule has 8 aromatic heterocycles. The maximum absolute atomic E-state index is 15.1. The second kappa shape index (κ2) is 52.3. The number of methoxy groups -OCH3 is 2. The largest absolute Gasteiger partial charge is 1.00 e. The van der Waals surface area contributed by atoms with E-state index in [0.717, 1.165) is 90.9 Å². The number of anilines is 4. The Balaban J connectivity index is 0.000000191. The van der Waals surface area contributed by atoms with Gasteiger partial charge in [0.15, 0.2) is 153 Å². The van der Waals surface area contributed by atoms with Crippen LogP contribution in [0.15, 0.2) is 25.3 Å². The summed E-state index contributed by atoms with van der Waals surface area (Å²) >= 11 is 20.0. The summed E-state index contributed by atoms with van der Waals surface area (Å²) in [6, 6.07) is 1.21. The third-order valence-corrected chi connectivity index (χ3v) is 33.0. The normalized spacial score (nSPS) is 25.6. The number of aldehydes is 1. The van der Waals surface area contributed by atoms with Gasteiger partial charge in [0.2, 0.25) is 5.97 Å². The van der Waals surface area contributed by atoms with Gasteiger partial charge in [0, 0.05) is 71.0 Å². The molecule has 12 heterocycles. The van der Waals surface area contributed by atoms with Gasteiger partial charge in [-0.05, 0) is 109 Å². The topological polar surface area (TPSA) is 593 Å². The first kappa shape index (κ1) is 114. The number of hydrogen-bond donors (Lipinski definition) is 11. The van der Waals surface area contributed by atoms with Crippen LogP contribution < -0.4 is 50.8 Å². The molecule has 137 heavy (non-hydrogen) atoms. The summed E-state index contributed by atoms with van der Waals surface area (Å²) in [5, 5.41) is 52.7. The Labute approximate surface area is 826 Å². The first-order chi connectivity index (χ1) is 64.4. The fourth-order valence-electron chi connectivity index (χ4n) is 16.5. The summed E-state index contributed by atoms with van der Waals surface area (Å²) in [6.07, 6.45) is 9.84. The van der Waals surface area contributed by atoms with Crippen LogP contribution in [0.5, 0.6) is 0 Å². The zero-order valence-electron chi connectivity index (χ0n) is 76.6. The summed E-state index contributed by atoms with van der Waals surface area (Å²) in [5.41, 5.74) is 3.60. The minimum absolute atomic E-state index is 0. The summed E-state index contributed by atoms with van der Waals surface area (Å²) in [7, 11) is -2.19. The molecule has 8 aromatic rings. The molecule has 4 saturated heterocycles. The molecule has 16 rings (SSSR count). The van der Waals surface area contributed by atoms with Crippen LogP contribution in [0.3, 0.4) is 0 Å². The van der Waals surface area contributed by atoms with Crippen molar-refractivity contribution in [1.82, 2.24) is 78.1 Å². The van der Waals surface area contributed by atoms with Crippen molar-refractivity contribution in [1.29, 1.82) is 0 Å². The number of carbonyl (C=O) groups is 4. The van der Waals surface area contributed by atoms with Crippen molar-refractivity contribution in [2.45, 2.75) is 294 Å². The first-order valence-electron chi connectivity index (χ1n) is 43.8. The molecule has 0 amide bonds. The molecule has 4 aliphatic carbocycles. The van der Waals surface area contributed by atoms with Crippen LogP contribution in [0.4, 0.5) is 40.8 Å². The zero-order chi connectivity index (χ0) is 99.4. The molecule has 3 radical (unpaired) electrons. The van der Waals surface area contributed by atoms with Gasteiger partial charge in [-0.2, -0.15) is 0 Å². The van der Waals surface area contributed by atoms with Crippen molar-refractivity contribution >= 4 is 172 Å². The van der Waals surface area contributed by atoms with Gasteiger partial charge < -0.3 is 102 Å². The molecule has 8 aliphatic rings. The third kappa shape index (κ3) is 31.6. The molecule has 11 N–H and O–H groups in total. The number of alkyl halides is 4. The number of fused-ring (bicyclic) bond motifs is 4. The average Bonchev–Trinajstić information content (AvgIpc) is 1.63. The van der Waals surface area contributed by atoms with Gasteiger partial charge in [-0.3, -0.25) is 46.1 Å². The molecule has 4 saturated carbocycles. The van der Waals surface area contributed by atoms with Gasteiger partial charge in [0.1, 0.15) is 50.1 Å². The van der Waals surface area contributed by atoms with Crippen LogP contribution in [0, 0.1) is 11.8 Å². The van der Waals surface area contributed by atoms with Crippen LogP contribution in [-0.4, -0.2) is 270 Å². The molecule has 0 spiro atoms. The predicted molar refractivity (Wildman–Crippen MR) is 488 cm³/mol. The van der Waals surface area contributed by atoms with E-state index in [-0.39, 0.29) is 90.9 Å². The van der Waals surface area contributed by atoms with Crippen LogP contribution in [-0.2, 0) is 99.8 Å². The van der Waals surface area contributed by atoms with Crippen molar-refractivity contribution in [2.24, 2.45) is 11.8 Å². The van der Waals surface area contributed by atoms with E-state index in [1.165, 1.54) is 80.7 Å². The Morgan fingerprint density at radius 2 is 0.796 bits per heavy atom. The fraction of sp³-hybridized carbons (Fsp3) is 0.692. The minimum atomic E-state index is -4.84. The average molecular weight is 2110 g/mol. The van der Waals surface area contributed by atoms with E-state index in [1.54, 1.807) is 22.6 Å². The number of rotatable bonds is 28. The van der Waals surface area contributed by atoms with Crippen LogP contribution in [0.2, 0.25) is 0 Å². The van der Waals surface area contributed by atoms with Crippen molar-refractivity contribution in [2.75, 3.05) is 60.5 Å². The Kier molecular flexibility index (Phi) is 43.7. The fourth-order valence-corrected chi connectivity index (χ4v) is 28.0. The number of halogens is 8.